The molecule has 2 aromatic carbocycles. The van der Waals surface area contributed by atoms with Crippen LogP contribution in [0.1, 0.15) is 11.1 Å². The lowest BCUT2D eigenvalue weighted by Crippen LogP contribution is -2.03. The molecule has 0 unspecified atom stereocenters. The molecule has 4 nitrogen and oxygen atoms in total. The van der Waals surface area contributed by atoms with Crippen molar-refractivity contribution in [2.75, 3.05) is 7.11 Å². The molecule has 0 aromatic heterocycles. The number of halogens is 2. The predicted molar refractivity (Wildman–Crippen MR) is 79.0 cm³/mol. The van der Waals surface area contributed by atoms with Crippen LogP contribution >= 0.6 is 0 Å². The molecule has 0 radical (unpaired) electrons. The highest BCUT2D eigenvalue weighted by Gasteiger charge is 2.10. The molecule has 22 heavy (non-hydrogen) atoms. The van der Waals surface area contributed by atoms with E-state index in [1.165, 1.54) is 13.2 Å². The number of nitrogens with zero attached hydrogens (tertiary/aromatic N) is 1. The Kier molecular flexibility index (Phi) is 5.30. The van der Waals surface area contributed by atoms with Crippen LogP contribution in [-0.4, -0.2) is 25.0 Å². The Hall–Kier alpha value is -2.63. The highest BCUT2D eigenvalue weighted by molar-refractivity contribution is 5.83. The monoisotopic (exact) mass is 307 g/mol. The third-order valence-corrected chi connectivity index (χ3v) is 2.89. The summed E-state index contributed by atoms with van der Waals surface area (Å²) in [4.78, 5) is 4.21. The third kappa shape index (κ3) is 4.18. The Bertz CT molecular complexity index is 660. The molecule has 0 bridgehead atoms. The van der Waals surface area contributed by atoms with Gasteiger partial charge in [-0.3, -0.25) is 4.99 Å². The lowest BCUT2D eigenvalue weighted by atomic mass is 10.2. The van der Waals surface area contributed by atoms with Gasteiger partial charge in [0.15, 0.2) is 11.5 Å². The first-order chi connectivity index (χ1) is 10.6. The van der Waals surface area contributed by atoms with E-state index in [2.05, 4.69) is 9.73 Å². The lowest BCUT2D eigenvalue weighted by Gasteiger charge is -2.10. The Morgan fingerprint density at radius 3 is 2.64 bits per heavy atom. The van der Waals surface area contributed by atoms with Crippen LogP contribution in [0.25, 0.3) is 0 Å². The second kappa shape index (κ2) is 7.40. The normalized spacial score (nSPS) is 11.1. The molecule has 0 atom stereocenters. The molecular formula is C16H15F2NO3. The molecule has 0 aliphatic carbocycles. The van der Waals surface area contributed by atoms with Crippen LogP contribution in [0.5, 0.6) is 17.2 Å². The maximum absolute atomic E-state index is 12.2. The Morgan fingerprint density at radius 2 is 1.95 bits per heavy atom. The van der Waals surface area contributed by atoms with E-state index in [0.29, 0.717) is 12.1 Å². The maximum Gasteiger partial charge on any atom is 0.387 e. The number of hydrogen-bond donors (Lipinski definition) is 1. The van der Waals surface area contributed by atoms with Crippen LogP contribution in [0.15, 0.2) is 47.5 Å². The number of rotatable bonds is 6. The smallest absolute Gasteiger partial charge is 0.387 e. The number of benzene rings is 2. The van der Waals surface area contributed by atoms with Crippen molar-refractivity contribution < 1.29 is 23.4 Å². The van der Waals surface area contributed by atoms with Crippen LogP contribution < -0.4 is 9.47 Å². The van der Waals surface area contributed by atoms with Gasteiger partial charge in [0, 0.05) is 11.8 Å². The first kappa shape index (κ1) is 15.8. The van der Waals surface area contributed by atoms with E-state index in [1.54, 1.807) is 42.6 Å². The highest BCUT2D eigenvalue weighted by atomic mass is 19.3. The standard InChI is InChI=1S/C16H15F2NO3/c1-21-15-8-11(6-7-14(15)22-16(17)18)9-19-10-12-4-2-3-5-13(12)20/h2-8,10,16,20H,9H2,1H3. The lowest BCUT2D eigenvalue weighted by molar-refractivity contribution is -0.0512. The van der Waals surface area contributed by atoms with E-state index in [1.807, 2.05) is 0 Å². The number of hydrogen-bond acceptors (Lipinski definition) is 4. The molecule has 0 heterocycles. The van der Waals surface area contributed by atoms with Gasteiger partial charge in [0.25, 0.3) is 0 Å². The molecule has 2 rings (SSSR count). The van der Waals surface area contributed by atoms with Crippen molar-refractivity contribution in [3.8, 4) is 17.2 Å². The van der Waals surface area contributed by atoms with Crippen molar-refractivity contribution in [2.45, 2.75) is 13.2 Å². The molecule has 2 aromatic rings. The minimum Gasteiger partial charge on any atom is -0.507 e. The maximum atomic E-state index is 12.2. The zero-order chi connectivity index (χ0) is 15.9. The summed E-state index contributed by atoms with van der Waals surface area (Å²) in [5, 5.41) is 9.61. The Morgan fingerprint density at radius 1 is 1.18 bits per heavy atom. The van der Waals surface area contributed by atoms with Crippen LogP contribution in [0, 0.1) is 0 Å². The minimum atomic E-state index is -2.90. The number of phenols is 1. The zero-order valence-electron chi connectivity index (χ0n) is 11.9. The highest BCUT2D eigenvalue weighted by Crippen LogP contribution is 2.29. The van der Waals surface area contributed by atoms with Gasteiger partial charge in [-0.2, -0.15) is 8.78 Å². The fourth-order valence-electron chi connectivity index (χ4n) is 1.85. The summed E-state index contributed by atoms with van der Waals surface area (Å²) in [6, 6.07) is 11.4. The predicted octanol–water partition coefficient (Wildman–Crippen LogP) is 3.62. The van der Waals surface area contributed by atoms with Crippen LogP contribution in [0.2, 0.25) is 0 Å². The average molecular weight is 307 g/mol. The third-order valence-electron chi connectivity index (χ3n) is 2.89. The van der Waals surface area contributed by atoms with Crippen LogP contribution in [-0.2, 0) is 6.54 Å². The first-order valence-corrected chi connectivity index (χ1v) is 6.49. The van der Waals surface area contributed by atoms with Gasteiger partial charge in [-0.1, -0.05) is 18.2 Å². The van der Waals surface area contributed by atoms with E-state index in [0.717, 1.165) is 5.56 Å². The SMILES string of the molecule is COc1cc(CN=Cc2ccccc2O)ccc1OC(F)F. The quantitative estimate of drug-likeness (QED) is 0.829. The summed E-state index contributed by atoms with van der Waals surface area (Å²) < 4.78 is 33.9. The number of para-hydroxylation sites is 1. The summed E-state index contributed by atoms with van der Waals surface area (Å²) >= 11 is 0. The summed E-state index contributed by atoms with van der Waals surface area (Å²) in [6.45, 7) is -2.58. The van der Waals surface area contributed by atoms with Gasteiger partial charge >= 0.3 is 6.61 Å². The number of methoxy groups -OCH3 is 1. The number of aromatic hydroxyl groups is 1. The number of ether oxygens (including phenoxy) is 2. The molecule has 0 spiro atoms. The van der Waals surface area contributed by atoms with Gasteiger partial charge in [0.1, 0.15) is 5.75 Å². The Labute approximate surface area is 126 Å². The van der Waals surface area contributed by atoms with Gasteiger partial charge in [0.05, 0.1) is 13.7 Å². The second-order valence-corrected chi connectivity index (χ2v) is 4.39. The van der Waals surface area contributed by atoms with Gasteiger partial charge in [0.2, 0.25) is 0 Å². The molecule has 116 valence electrons. The summed E-state index contributed by atoms with van der Waals surface area (Å²) in [6.07, 6.45) is 1.55. The molecule has 6 heteroatoms. The van der Waals surface area contributed by atoms with Crippen LogP contribution in [0.4, 0.5) is 8.78 Å². The fourth-order valence-corrected chi connectivity index (χ4v) is 1.85. The summed E-state index contributed by atoms with van der Waals surface area (Å²) in [5.74, 6) is 0.339. The molecular weight excluding hydrogens is 292 g/mol. The fraction of sp³-hybridized carbons (Fsp3) is 0.188. The molecule has 0 aliphatic heterocycles. The number of phenolic OH excluding ortho intramolecular Hbond substituents is 1. The first-order valence-electron chi connectivity index (χ1n) is 6.49. The summed E-state index contributed by atoms with van der Waals surface area (Å²) in [7, 11) is 1.38. The van der Waals surface area contributed by atoms with Crippen molar-refractivity contribution in [2.24, 2.45) is 4.99 Å². The van der Waals surface area contributed by atoms with Crippen molar-refractivity contribution in [3.63, 3.8) is 0 Å². The van der Waals surface area contributed by atoms with Crippen molar-refractivity contribution in [1.82, 2.24) is 0 Å². The largest absolute Gasteiger partial charge is 0.507 e. The van der Waals surface area contributed by atoms with Crippen molar-refractivity contribution >= 4 is 6.21 Å². The van der Waals surface area contributed by atoms with Crippen molar-refractivity contribution in [3.05, 3.63) is 53.6 Å². The van der Waals surface area contributed by atoms with Gasteiger partial charge < -0.3 is 14.6 Å². The number of alkyl halides is 2. The van der Waals surface area contributed by atoms with Crippen molar-refractivity contribution in [1.29, 1.82) is 0 Å². The molecule has 0 saturated heterocycles. The summed E-state index contributed by atoms with van der Waals surface area (Å²) in [5.41, 5.74) is 1.37. The van der Waals surface area contributed by atoms with E-state index < -0.39 is 6.61 Å². The van der Waals surface area contributed by atoms with E-state index in [4.69, 9.17) is 4.74 Å². The van der Waals surface area contributed by atoms with Gasteiger partial charge in [-0.15, -0.1) is 0 Å². The minimum absolute atomic E-state index is 0.0223. The Balaban J connectivity index is 2.09. The molecule has 1 N–H and O–H groups in total. The van der Waals surface area contributed by atoms with Gasteiger partial charge in [-0.25, -0.2) is 0 Å². The molecule has 0 amide bonds. The van der Waals surface area contributed by atoms with Gasteiger partial charge in [-0.05, 0) is 29.8 Å². The second-order valence-electron chi connectivity index (χ2n) is 4.39. The molecule has 0 saturated carbocycles. The number of aliphatic imine (C=N–C) groups is 1. The molecule has 0 aliphatic rings. The van der Waals surface area contributed by atoms with E-state index in [-0.39, 0.29) is 17.2 Å². The molecule has 0 fully saturated rings. The average Bonchev–Trinajstić information content (AvgIpc) is 2.50. The topological polar surface area (TPSA) is 51.0 Å². The van der Waals surface area contributed by atoms with E-state index >= 15 is 0 Å². The zero-order valence-corrected chi connectivity index (χ0v) is 11.9. The van der Waals surface area contributed by atoms with Crippen LogP contribution in [0.3, 0.4) is 0 Å². The van der Waals surface area contributed by atoms with E-state index in [9.17, 15) is 13.9 Å².